The van der Waals surface area contributed by atoms with Crippen LogP contribution in [-0.4, -0.2) is 38.9 Å². The van der Waals surface area contributed by atoms with E-state index >= 15 is 0 Å². The first-order chi connectivity index (χ1) is 12.4. The fraction of sp³-hybridized carbons (Fsp3) is 0.176. The molecule has 1 N–H and O–H groups in total. The summed E-state index contributed by atoms with van der Waals surface area (Å²) in [4.78, 5) is 8.99. The maximum atomic E-state index is 11.5. The number of aromatic nitrogens is 2. The minimum Gasteiger partial charge on any atom is -0.481 e. The van der Waals surface area contributed by atoms with Gasteiger partial charge in [0.1, 0.15) is 0 Å². The fourth-order valence-electron chi connectivity index (χ4n) is 2.21. The van der Waals surface area contributed by atoms with E-state index in [-0.39, 0.29) is 4.90 Å². The molecule has 2 aromatic heterocycles. The van der Waals surface area contributed by atoms with Gasteiger partial charge in [0.25, 0.3) is 0 Å². The minimum atomic E-state index is -3.21. The molecule has 0 aliphatic heterocycles. The lowest BCUT2D eigenvalue weighted by Gasteiger charge is -2.06. The van der Waals surface area contributed by atoms with Gasteiger partial charge in [-0.1, -0.05) is 0 Å². The topological polar surface area (TPSA) is 90.4 Å². The Morgan fingerprint density at radius 1 is 1.00 bits per heavy atom. The third-order valence-corrected chi connectivity index (χ3v) is 5.42. The molecule has 0 fully saturated rings. The van der Waals surface area contributed by atoms with Crippen molar-refractivity contribution in [2.45, 2.75) is 4.90 Å². The van der Waals surface area contributed by atoms with Crippen molar-refractivity contribution in [3.8, 4) is 23.0 Å². The highest BCUT2D eigenvalue weighted by atomic mass is 32.2. The zero-order valence-corrected chi connectivity index (χ0v) is 16.0. The second-order valence-electron chi connectivity index (χ2n) is 5.40. The molecule has 3 aromatic rings. The van der Waals surface area contributed by atoms with Gasteiger partial charge < -0.3 is 14.8 Å². The maximum Gasteiger partial charge on any atom is 0.216 e. The van der Waals surface area contributed by atoms with Crippen LogP contribution in [0.1, 0.15) is 0 Å². The molecule has 7 nitrogen and oxygen atoms in total. The van der Waals surface area contributed by atoms with Gasteiger partial charge >= 0.3 is 0 Å². The van der Waals surface area contributed by atoms with Gasteiger partial charge in [-0.15, -0.1) is 11.3 Å². The summed E-state index contributed by atoms with van der Waals surface area (Å²) >= 11 is 1.43. The number of thiazole rings is 1. The third-order valence-electron chi connectivity index (χ3n) is 3.53. The van der Waals surface area contributed by atoms with E-state index in [9.17, 15) is 8.42 Å². The average molecular weight is 391 g/mol. The van der Waals surface area contributed by atoms with Gasteiger partial charge in [-0.25, -0.2) is 13.4 Å². The van der Waals surface area contributed by atoms with Gasteiger partial charge in [0.15, 0.2) is 15.0 Å². The van der Waals surface area contributed by atoms with Crippen molar-refractivity contribution in [3.05, 3.63) is 41.8 Å². The second-order valence-corrected chi connectivity index (χ2v) is 8.27. The molecule has 0 saturated heterocycles. The highest BCUT2D eigenvalue weighted by molar-refractivity contribution is 7.90. The molecule has 0 aliphatic carbocycles. The first kappa shape index (κ1) is 18.2. The van der Waals surface area contributed by atoms with Crippen LogP contribution in [0.15, 0.2) is 46.7 Å². The van der Waals surface area contributed by atoms with Crippen LogP contribution in [0.25, 0.3) is 11.3 Å². The normalized spacial score (nSPS) is 11.2. The summed E-state index contributed by atoms with van der Waals surface area (Å²) in [7, 11) is -0.125. The molecule has 9 heteroatoms. The lowest BCUT2D eigenvalue weighted by Crippen LogP contribution is -1.97. The van der Waals surface area contributed by atoms with Crippen LogP contribution >= 0.6 is 11.3 Å². The first-order valence-corrected chi connectivity index (χ1v) is 10.3. The first-order valence-electron chi connectivity index (χ1n) is 7.52. The van der Waals surface area contributed by atoms with Gasteiger partial charge in [-0.2, -0.15) is 4.98 Å². The summed E-state index contributed by atoms with van der Waals surface area (Å²) in [6.45, 7) is 0. The summed E-state index contributed by atoms with van der Waals surface area (Å²) in [5.74, 6) is 0.886. The zero-order valence-electron chi connectivity index (χ0n) is 14.4. The molecule has 1 aromatic carbocycles. The van der Waals surface area contributed by atoms with Crippen molar-refractivity contribution >= 4 is 32.0 Å². The molecular formula is C17H17N3O4S2. The van der Waals surface area contributed by atoms with E-state index in [0.717, 1.165) is 16.9 Å². The predicted molar refractivity (Wildman–Crippen MR) is 101 cm³/mol. The molecule has 26 heavy (non-hydrogen) atoms. The quantitative estimate of drug-likeness (QED) is 0.689. The number of methoxy groups -OCH3 is 2. The number of ether oxygens (including phenoxy) is 2. The lowest BCUT2D eigenvalue weighted by atomic mass is 10.2. The van der Waals surface area contributed by atoms with Crippen LogP contribution in [0.4, 0.5) is 10.8 Å². The van der Waals surface area contributed by atoms with Crippen LogP contribution in [0, 0.1) is 0 Å². The molecule has 136 valence electrons. The van der Waals surface area contributed by atoms with Crippen molar-refractivity contribution < 1.29 is 17.9 Å². The van der Waals surface area contributed by atoms with Crippen LogP contribution in [-0.2, 0) is 9.84 Å². The molecule has 2 heterocycles. The van der Waals surface area contributed by atoms with E-state index in [4.69, 9.17) is 9.47 Å². The molecule has 0 unspecified atom stereocenters. The Hall–Kier alpha value is -2.65. The fourth-order valence-corrected chi connectivity index (χ4v) is 3.58. The SMILES string of the molecule is COc1cc(-c2csc(Nc3ccc(S(C)(=O)=O)cc3)n2)cc(OC)n1. The van der Waals surface area contributed by atoms with Crippen LogP contribution in [0.3, 0.4) is 0 Å². The van der Waals surface area contributed by atoms with Crippen LogP contribution < -0.4 is 14.8 Å². The number of rotatable bonds is 6. The highest BCUT2D eigenvalue weighted by Crippen LogP contribution is 2.30. The number of hydrogen-bond donors (Lipinski definition) is 1. The molecule has 0 aliphatic rings. The predicted octanol–water partition coefficient (Wildman–Crippen LogP) is 3.37. The number of nitrogens with one attached hydrogen (secondary N) is 1. The molecule has 0 radical (unpaired) electrons. The van der Waals surface area contributed by atoms with Crippen LogP contribution in [0.5, 0.6) is 11.8 Å². The largest absolute Gasteiger partial charge is 0.481 e. The molecule has 0 spiro atoms. The van der Waals surface area contributed by atoms with Crippen molar-refractivity contribution in [2.75, 3.05) is 25.8 Å². The maximum absolute atomic E-state index is 11.5. The standard InChI is InChI=1S/C17H17N3O4S2/c1-23-15-8-11(9-16(20-15)24-2)14-10-25-17(19-14)18-12-4-6-13(7-5-12)26(3,21)22/h4-10H,1-3H3,(H,18,19). The van der Waals surface area contributed by atoms with Gasteiger partial charge in [0.2, 0.25) is 11.8 Å². The van der Waals surface area contributed by atoms with E-state index in [1.54, 1.807) is 50.6 Å². The Morgan fingerprint density at radius 2 is 1.62 bits per heavy atom. The number of hydrogen-bond acceptors (Lipinski definition) is 8. The van der Waals surface area contributed by atoms with Crippen LogP contribution in [0.2, 0.25) is 0 Å². The molecular weight excluding hydrogens is 374 g/mol. The van der Waals surface area contributed by atoms with E-state index in [1.165, 1.54) is 17.6 Å². The molecule has 0 amide bonds. The summed E-state index contributed by atoms with van der Waals surface area (Å²) in [5, 5.41) is 5.75. The van der Waals surface area contributed by atoms with Gasteiger partial charge in [0, 0.05) is 35.0 Å². The minimum absolute atomic E-state index is 0.277. The van der Waals surface area contributed by atoms with Crippen molar-refractivity contribution in [2.24, 2.45) is 0 Å². The Labute approximate surface area is 155 Å². The summed E-state index contributed by atoms with van der Waals surface area (Å²) in [6.07, 6.45) is 1.18. The summed E-state index contributed by atoms with van der Waals surface area (Å²) in [6, 6.07) is 10.1. The van der Waals surface area contributed by atoms with E-state index in [2.05, 4.69) is 15.3 Å². The van der Waals surface area contributed by atoms with Crippen molar-refractivity contribution in [1.29, 1.82) is 0 Å². The average Bonchev–Trinajstić information content (AvgIpc) is 3.09. The van der Waals surface area contributed by atoms with Crippen molar-refractivity contribution in [3.63, 3.8) is 0 Å². The Morgan fingerprint density at radius 3 is 2.15 bits per heavy atom. The monoisotopic (exact) mass is 391 g/mol. The zero-order chi connectivity index (χ0) is 18.7. The molecule has 0 saturated carbocycles. The van der Waals surface area contributed by atoms with E-state index < -0.39 is 9.84 Å². The molecule has 0 bridgehead atoms. The van der Waals surface area contributed by atoms with Gasteiger partial charge in [-0.3, -0.25) is 0 Å². The smallest absolute Gasteiger partial charge is 0.216 e. The Bertz CT molecular complexity index is 992. The van der Waals surface area contributed by atoms with Gasteiger partial charge in [0.05, 0.1) is 24.8 Å². The number of nitrogens with zero attached hydrogens (tertiary/aromatic N) is 2. The van der Waals surface area contributed by atoms with Gasteiger partial charge in [-0.05, 0) is 24.3 Å². The molecule has 3 rings (SSSR count). The molecule has 0 atom stereocenters. The number of anilines is 2. The Kier molecular flexibility index (Phi) is 5.10. The number of sulfone groups is 1. The van der Waals surface area contributed by atoms with E-state index in [0.29, 0.717) is 16.9 Å². The Balaban J connectivity index is 1.82. The highest BCUT2D eigenvalue weighted by Gasteiger charge is 2.10. The number of benzene rings is 1. The van der Waals surface area contributed by atoms with Crippen molar-refractivity contribution in [1.82, 2.24) is 9.97 Å². The lowest BCUT2D eigenvalue weighted by molar-refractivity contribution is 0.365. The number of pyridine rings is 1. The second kappa shape index (κ2) is 7.30. The summed E-state index contributed by atoms with van der Waals surface area (Å²) in [5.41, 5.74) is 2.33. The third kappa shape index (κ3) is 4.12. The van der Waals surface area contributed by atoms with E-state index in [1.807, 2.05) is 5.38 Å². The summed E-state index contributed by atoms with van der Waals surface area (Å²) < 4.78 is 33.4.